The van der Waals surface area contributed by atoms with Gasteiger partial charge in [-0.3, -0.25) is 0 Å². The lowest BCUT2D eigenvalue weighted by atomic mass is 9.93. The highest BCUT2D eigenvalue weighted by molar-refractivity contribution is 7.89. The van der Waals surface area contributed by atoms with Crippen LogP contribution in [-0.2, 0) is 10.0 Å². The number of methoxy groups -OCH3 is 2. The second-order valence-corrected chi connectivity index (χ2v) is 8.08. The Bertz CT molecular complexity index is 664. The normalized spacial score (nSPS) is 21.0. The highest BCUT2D eigenvalue weighted by atomic mass is 35.5. The standard InChI is InChI=1S/C15H23ClN2O4S/c1-10(17)11-5-4-6-18(9-11)23(19,20)15-8-14(22-3)13(21-2)7-12(15)16/h7-8,10-11H,4-6,9,17H2,1-3H3. The first kappa shape index (κ1) is 18.3. The Morgan fingerprint density at radius 3 is 2.48 bits per heavy atom. The maximum atomic E-state index is 12.9. The monoisotopic (exact) mass is 362 g/mol. The molecule has 0 amide bonds. The summed E-state index contributed by atoms with van der Waals surface area (Å²) < 4.78 is 37.7. The fourth-order valence-corrected chi connectivity index (χ4v) is 4.84. The van der Waals surface area contributed by atoms with Crippen LogP contribution in [0, 0.1) is 5.92 Å². The summed E-state index contributed by atoms with van der Waals surface area (Å²) in [6.07, 6.45) is 1.72. The Labute approximate surface area is 142 Å². The number of hydrogen-bond donors (Lipinski definition) is 1. The average molecular weight is 363 g/mol. The van der Waals surface area contributed by atoms with Gasteiger partial charge in [0.1, 0.15) is 4.90 Å². The predicted octanol–water partition coefficient (Wildman–Crippen LogP) is 2.11. The molecule has 1 aliphatic rings. The number of sulfonamides is 1. The number of benzene rings is 1. The molecule has 1 heterocycles. The molecule has 1 fully saturated rings. The fraction of sp³-hybridized carbons (Fsp3) is 0.600. The van der Waals surface area contributed by atoms with Crippen molar-refractivity contribution in [3.05, 3.63) is 17.2 Å². The molecule has 130 valence electrons. The van der Waals surface area contributed by atoms with E-state index in [0.29, 0.717) is 24.6 Å². The van der Waals surface area contributed by atoms with E-state index in [4.69, 9.17) is 26.8 Å². The SMILES string of the molecule is COc1cc(Cl)c(S(=O)(=O)N2CCCC(C(C)N)C2)cc1OC. The zero-order chi connectivity index (χ0) is 17.2. The van der Waals surface area contributed by atoms with Crippen LogP contribution in [-0.4, -0.2) is 46.1 Å². The molecule has 23 heavy (non-hydrogen) atoms. The van der Waals surface area contributed by atoms with E-state index in [1.54, 1.807) is 0 Å². The third-order valence-electron chi connectivity index (χ3n) is 4.22. The molecule has 0 aromatic heterocycles. The fourth-order valence-electron chi connectivity index (χ4n) is 2.79. The minimum atomic E-state index is -3.71. The number of hydrogen-bond acceptors (Lipinski definition) is 5. The Kier molecular flexibility index (Phi) is 5.78. The molecule has 0 radical (unpaired) electrons. The third kappa shape index (κ3) is 3.74. The van der Waals surface area contributed by atoms with Crippen LogP contribution in [0.2, 0.25) is 5.02 Å². The molecule has 0 aliphatic carbocycles. The van der Waals surface area contributed by atoms with Gasteiger partial charge in [-0.05, 0) is 25.7 Å². The number of rotatable bonds is 5. The number of halogens is 1. The summed E-state index contributed by atoms with van der Waals surface area (Å²) in [5, 5.41) is 0.116. The van der Waals surface area contributed by atoms with Crippen LogP contribution < -0.4 is 15.2 Å². The van der Waals surface area contributed by atoms with Crippen LogP contribution >= 0.6 is 11.6 Å². The van der Waals surface area contributed by atoms with E-state index in [1.807, 2.05) is 6.92 Å². The quantitative estimate of drug-likeness (QED) is 0.867. The van der Waals surface area contributed by atoms with Gasteiger partial charge in [0.2, 0.25) is 10.0 Å². The van der Waals surface area contributed by atoms with Gasteiger partial charge in [-0.1, -0.05) is 11.6 Å². The number of ether oxygens (including phenoxy) is 2. The van der Waals surface area contributed by atoms with Gasteiger partial charge in [0.25, 0.3) is 0 Å². The van der Waals surface area contributed by atoms with Gasteiger partial charge in [0, 0.05) is 31.3 Å². The lowest BCUT2D eigenvalue weighted by Gasteiger charge is -2.34. The molecule has 0 spiro atoms. The van der Waals surface area contributed by atoms with Crippen molar-refractivity contribution in [1.29, 1.82) is 0 Å². The second kappa shape index (κ2) is 7.25. The molecule has 0 bridgehead atoms. The highest BCUT2D eigenvalue weighted by Crippen LogP contribution is 2.37. The molecule has 1 aromatic rings. The molecule has 8 heteroatoms. The van der Waals surface area contributed by atoms with Gasteiger partial charge in [0.05, 0.1) is 19.2 Å². The zero-order valence-electron chi connectivity index (χ0n) is 13.6. The maximum Gasteiger partial charge on any atom is 0.244 e. The molecule has 1 aliphatic heterocycles. The average Bonchev–Trinajstić information content (AvgIpc) is 2.54. The number of nitrogens with zero attached hydrogens (tertiary/aromatic N) is 1. The van der Waals surface area contributed by atoms with E-state index in [0.717, 1.165) is 12.8 Å². The number of piperidine rings is 1. The molecule has 1 saturated heterocycles. The summed E-state index contributed by atoms with van der Waals surface area (Å²) >= 11 is 6.17. The highest BCUT2D eigenvalue weighted by Gasteiger charge is 2.33. The van der Waals surface area contributed by atoms with Crippen LogP contribution in [0.3, 0.4) is 0 Å². The van der Waals surface area contributed by atoms with Crippen molar-refractivity contribution < 1.29 is 17.9 Å². The Hall–Kier alpha value is -1.02. The van der Waals surface area contributed by atoms with Gasteiger partial charge in [-0.25, -0.2) is 8.42 Å². The van der Waals surface area contributed by atoms with Crippen molar-refractivity contribution in [3.63, 3.8) is 0 Å². The van der Waals surface area contributed by atoms with Crippen molar-refractivity contribution in [2.45, 2.75) is 30.7 Å². The van der Waals surface area contributed by atoms with Gasteiger partial charge in [-0.2, -0.15) is 4.31 Å². The molecule has 2 rings (SSSR count). The van der Waals surface area contributed by atoms with E-state index < -0.39 is 10.0 Å². The van der Waals surface area contributed by atoms with Crippen LogP contribution in [0.4, 0.5) is 0 Å². The van der Waals surface area contributed by atoms with Crippen molar-refractivity contribution >= 4 is 21.6 Å². The summed E-state index contributed by atoms with van der Waals surface area (Å²) in [4.78, 5) is 0.0298. The third-order valence-corrected chi connectivity index (χ3v) is 6.55. The Morgan fingerprint density at radius 1 is 1.30 bits per heavy atom. The summed E-state index contributed by atoms with van der Waals surface area (Å²) in [6.45, 7) is 2.78. The molecule has 2 unspecified atom stereocenters. The lowest BCUT2D eigenvalue weighted by Crippen LogP contribution is -2.45. The maximum absolute atomic E-state index is 12.9. The molecular weight excluding hydrogens is 340 g/mol. The van der Waals surface area contributed by atoms with Crippen molar-refractivity contribution in [2.75, 3.05) is 27.3 Å². The number of nitrogens with two attached hydrogens (primary N) is 1. The minimum absolute atomic E-state index is 0.0298. The van der Waals surface area contributed by atoms with Crippen molar-refractivity contribution in [1.82, 2.24) is 4.31 Å². The summed E-state index contributed by atoms with van der Waals surface area (Å²) in [5.74, 6) is 0.872. The van der Waals surface area contributed by atoms with E-state index in [9.17, 15) is 8.42 Å². The zero-order valence-corrected chi connectivity index (χ0v) is 15.2. The van der Waals surface area contributed by atoms with E-state index in [1.165, 1.54) is 30.7 Å². The Morgan fingerprint density at radius 2 is 1.91 bits per heavy atom. The molecule has 2 N–H and O–H groups in total. The van der Waals surface area contributed by atoms with Crippen LogP contribution in [0.25, 0.3) is 0 Å². The topological polar surface area (TPSA) is 81.9 Å². The lowest BCUT2D eigenvalue weighted by molar-refractivity contribution is 0.243. The van der Waals surface area contributed by atoms with Crippen LogP contribution in [0.15, 0.2) is 17.0 Å². The van der Waals surface area contributed by atoms with Crippen molar-refractivity contribution in [3.8, 4) is 11.5 Å². The first-order chi connectivity index (χ1) is 10.8. The van der Waals surface area contributed by atoms with Gasteiger partial charge >= 0.3 is 0 Å². The van der Waals surface area contributed by atoms with Crippen LogP contribution in [0.5, 0.6) is 11.5 Å². The molecular formula is C15H23ClN2O4S. The van der Waals surface area contributed by atoms with Gasteiger partial charge < -0.3 is 15.2 Å². The summed E-state index contributed by atoms with van der Waals surface area (Å²) in [5.41, 5.74) is 5.94. The van der Waals surface area contributed by atoms with Crippen molar-refractivity contribution in [2.24, 2.45) is 11.7 Å². The van der Waals surface area contributed by atoms with E-state index in [-0.39, 0.29) is 21.9 Å². The largest absolute Gasteiger partial charge is 0.493 e. The predicted molar refractivity (Wildman–Crippen MR) is 89.7 cm³/mol. The Balaban J connectivity index is 2.39. The van der Waals surface area contributed by atoms with Crippen LogP contribution in [0.1, 0.15) is 19.8 Å². The smallest absolute Gasteiger partial charge is 0.244 e. The molecule has 0 saturated carbocycles. The minimum Gasteiger partial charge on any atom is -0.493 e. The van der Waals surface area contributed by atoms with Gasteiger partial charge in [-0.15, -0.1) is 0 Å². The second-order valence-electron chi connectivity index (χ2n) is 5.76. The summed E-state index contributed by atoms with van der Waals surface area (Å²) in [7, 11) is -0.780. The molecule has 6 nitrogen and oxygen atoms in total. The first-order valence-electron chi connectivity index (χ1n) is 7.48. The summed E-state index contributed by atoms with van der Waals surface area (Å²) in [6, 6.07) is 2.82. The first-order valence-corrected chi connectivity index (χ1v) is 9.30. The van der Waals surface area contributed by atoms with Gasteiger partial charge in [0.15, 0.2) is 11.5 Å². The molecule has 2 atom stereocenters. The van der Waals surface area contributed by atoms with E-state index in [2.05, 4.69) is 0 Å². The molecule has 1 aromatic carbocycles. The van der Waals surface area contributed by atoms with E-state index >= 15 is 0 Å².